The molecule has 1 aliphatic heterocycles. The van der Waals surface area contributed by atoms with Crippen molar-refractivity contribution in [1.29, 1.82) is 0 Å². The van der Waals surface area contributed by atoms with Gasteiger partial charge in [-0.1, -0.05) is 12.1 Å². The molecule has 1 N–H and O–H groups in total. The van der Waals surface area contributed by atoms with Gasteiger partial charge in [0.25, 0.3) is 11.5 Å². The topological polar surface area (TPSA) is 71.8 Å². The third-order valence-electron chi connectivity index (χ3n) is 4.40. The molecule has 126 valence electrons. The van der Waals surface area contributed by atoms with Gasteiger partial charge in [0.2, 0.25) is 0 Å². The van der Waals surface area contributed by atoms with E-state index in [4.69, 9.17) is 4.74 Å². The summed E-state index contributed by atoms with van der Waals surface area (Å²) in [7, 11) is 3.25. The molecule has 2 heterocycles. The standard InChI is InChI=1S/C18H20N2O4/c1-19-10-14-11-20(8-7-13(14)9-16(19)21)18(23)17(22)12-3-5-15(24-2)6-4-12/h3-6,9-10,17,22H,7-8,11H2,1-2H3. The second-order valence-electron chi connectivity index (χ2n) is 5.96. The highest BCUT2D eigenvalue weighted by Crippen LogP contribution is 2.23. The Bertz CT molecular complexity index is 811. The number of rotatable bonds is 3. The number of nitrogens with zero attached hydrogens (tertiary/aromatic N) is 2. The molecule has 0 saturated carbocycles. The van der Waals surface area contributed by atoms with Crippen molar-refractivity contribution in [2.45, 2.75) is 19.1 Å². The largest absolute Gasteiger partial charge is 0.497 e. The van der Waals surface area contributed by atoms with Gasteiger partial charge >= 0.3 is 0 Å². The summed E-state index contributed by atoms with van der Waals surface area (Å²) in [5, 5.41) is 10.4. The van der Waals surface area contributed by atoms with Gasteiger partial charge in [-0.15, -0.1) is 0 Å². The Hall–Kier alpha value is -2.60. The molecular formula is C18H20N2O4. The molecule has 0 saturated heterocycles. The first-order chi connectivity index (χ1) is 11.5. The zero-order valence-corrected chi connectivity index (χ0v) is 13.7. The maximum atomic E-state index is 12.6. The quantitative estimate of drug-likeness (QED) is 0.913. The number of aliphatic hydroxyl groups excluding tert-OH is 1. The smallest absolute Gasteiger partial charge is 0.256 e. The molecule has 0 bridgehead atoms. The molecule has 1 unspecified atom stereocenters. The third-order valence-corrected chi connectivity index (χ3v) is 4.40. The molecule has 0 spiro atoms. The van der Waals surface area contributed by atoms with Crippen LogP contribution in [0.4, 0.5) is 0 Å². The van der Waals surface area contributed by atoms with Crippen molar-refractivity contribution >= 4 is 5.91 Å². The number of aliphatic hydroxyl groups is 1. The fraction of sp³-hybridized carbons (Fsp3) is 0.333. The molecule has 6 heteroatoms. The predicted molar refractivity (Wildman–Crippen MR) is 88.8 cm³/mol. The highest BCUT2D eigenvalue weighted by atomic mass is 16.5. The number of hydrogen-bond acceptors (Lipinski definition) is 4. The van der Waals surface area contributed by atoms with Gasteiger partial charge in [0.05, 0.1) is 7.11 Å². The van der Waals surface area contributed by atoms with Crippen LogP contribution in [0.25, 0.3) is 0 Å². The fourth-order valence-corrected chi connectivity index (χ4v) is 2.93. The lowest BCUT2D eigenvalue weighted by Gasteiger charge is -2.30. The summed E-state index contributed by atoms with van der Waals surface area (Å²) in [6.45, 7) is 0.891. The van der Waals surface area contributed by atoms with E-state index in [9.17, 15) is 14.7 Å². The Morgan fingerprint density at radius 3 is 2.62 bits per heavy atom. The number of aromatic nitrogens is 1. The number of carbonyl (C=O) groups is 1. The average molecular weight is 328 g/mol. The van der Waals surface area contributed by atoms with E-state index in [1.807, 2.05) is 0 Å². The third kappa shape index (κ3) is 3.05. The van der Waals surface area contributed by atoms with E-state index in [-0.39, 0.29) is 11.5 Å². The van der Waals surface area contributed by atoms with Crippen LogP contribution >= 0.6 is 0 Å². The van der Waals surface area contributed by atoms with E-state index in [1.165, 1.54) is 4.57 Å². The molecule has 1 aromatic heterocycles. The minimum atomic E-state index is -1.20. The van der Waals surface area contributed by atoms with Crippen LogP contribution in [0.15, 0.2) is 41.3 Å². The van der Waals surface area contributed by atoms with Crippen molar-refractivity contribution in [3.8, 4) is 5.75 Å². The van der Waals surface area contributed by atoms with Gasteiger partial charge in [0.15, 0.2) is 6.10 Å². The number of benzene rings is 1. The summed E-state index contributed by atoms with van der Waals surface area (Å²) >= 11 is 0. The minimum absolute atomic E-state index is 0.0493. The molecule has 0 radical (unpaired) electrons. The Balaban J connectivity index is 1.77. The molecule has 6 nitrogen and oxygen atoms in total. The highest BCUT2D eigenvalue weighted by Gasteiger charge is 2.27. The number of hydrogen-bond donors (Lipinski definition) is 1. The second kappa shape index (κ2) is 6.49. The molecular weight excluding hydrogens is 308 g/mol. The first-order valence-corrected chi connectivity index (χ1v) is 7.79. The second-order valence-corrected chi connectivity index (χ2v) is 5.96. The molecule has 1 amide bonds. The van der Waals surface area contributed by atoms with Gasteiger partial charge in [-0.3, -0.25) is 9.59 Å². The lowest BCUT2D eigenvalue weighted by Crippen LogP contribution is -2.39. The first kappa shape index (κ1) is 16.3. The van der Waals surface area contributed by atoms with Gasteiger partial charge in [0.1, 0.15) is 5.75 Å². The van der Waals surface area contributed by atoms with E-state index >= 15 is 0 Å². The molecule has 3 rings (SSSR count). The Morgan fingerprint density at radius 1 is 1.25 bits per heavy atom. The number of carbonyl (C=O) groups excluding carboxylic acids is 1. The highest BCUT2D eigenvalue weighted by molar-refractivity contribution is 5.82. The van der Waals surface area contributed by atoms with Gasteiger partial charge in [-0.2, -0.15) is 0 Å². The SMILES string of the molecule is COc1ccc(C(O)C(=O)N2CCc3cc(=O)n(C)cc3C2)cc1. The van der Waals surface area contributed by atoms with Crippen LogP contribution in [0.5, 0.6) is 5.75 Å². The molecule has 1 atom stereocenters. The van der Waals surface area contributed by atoms with Crippen molar-refractivity contribution in [2.24, 2.45) is 7.05 Å². The number of amides is 1. The molecule has 1 aliphatic rings. The predicted octanol–water partition coefficient (Wildman–Crippen LogP) is 1.01. The average Bonchev–Trinajstić information content (AvgIpc) is 2.61. The van der Waals surface area contributed by atoms with Crippen molar-refractivity contribution in [3.63, 3.8) is 0 Å². The van der Waals surface area contributed by atoms with Crippen molar-refractivity contribution in [2.75, 3.05) is 13.7 Å². The maximum Gasteiger partial charge on any atom is 0.256 e. The van der Waals surface area contributed by atoms with Gasteiger partial charge in [0, 0.05) is 32.4 Å². The molecule has 2 aromatic rings. The minimum Gasteiger partial charge on any atom is -0.497 e. The summed E-state index contributed by atoms with van der Waals surface area (Å²) in [6.07, 6.45) is 1.17. The lowest BCUT2D eigenvalue weighted by molar-refractivity contribution is -0.141. The number of methoxy groups -OCH3 is 1. The number of fused-ring (bicyclic) bond motifs is 1. The van der Waals surface area contributed by atoms with Crippen LogP contribution in [0.2, 0.25) is 0 Å². The molecule has 0 aliphatic carbocycles. The lowest BCUT2D eigenvalue weighted by atomic mass is 10.0. The zero-order chi connectivity index (χ0) is 17.3. The van der Waals surface area contributed by atoms with Crippen LogP contribution in [-0.2, 0) is 24.8 Å². The Morgan fingerprint density at radius 2 is 1.96 bits per heavy atom. The van der Waals surface area contributed by atoms with Crippen molar-refractivity contribution in [1.82, 2.24) is 9.47 Å². The molecule has 24 heavy (non-hydrogen) atoms. The van der Waals surface area contributed by atoms with Crippen LogP contribution in [0, 0.1) is 0 Å². The van der Waals surface area contributed by atoms with Crippen LogP contribution in [0.3, 0.4) is 0 Å². The summed E-state index contributed by atoms with van der Waals surface area (Å²) in [6, 6.07) is 8.42. The van der Waals surface area contributed by atoms with E-state index < -0.39 is 6.10 Å². The summed E-state index contributed by atoms with van der Waals surface area (Å²) in [5.74, 6) is 0.339. The van der Waals surface area contributed by atoms with Crippen LogP contribution in [-0.4, -0.2) is 34.1 Å². The first-order valence-electron chi connectivity index (χ1n) is 7.79. The fourth-order valence-electron chi connectivity index (χ4n) is 2.93. The molecule has 1 aromatic carbocycles. The summed E-state index contributed by atoms with van der Waals surface area (Å²) in [4.78, 5) is 25.9. The number of ether oxygens (including phenoxy) is 1. The van der Waals surface area contributed by atoms with Crippen molar-refractivity contribution < 1.29 is 14.6 Å². The van der Waals surface area contributed by atoms with E-state index in [2.05, 4.69) is 0 Å². The maximum absolute atomic E-state index is 12.6. The molecule has 0 fully saturated rings. The van der Waals surface area contributed by atoms with E-state index in [0.29, 0.717) is 30.8 Å². The number of aryl methyl sites for hydroxylation is 1. The monoisotopic (exact) mass is 328 g/mol. The van der Waals surface area contributed by atoms with Gasteiger partial charge in [-0.05, 0) is 35.2 Å². The van der Waals surface area contributed by atoms with Crippen LogP contribution in [0.1, 0.15) is 22.8 Å². The summed E-state index contributed by atoms with van der Waals surface area (Å²) in [5.41, 5.74) is 2.40. The number of pyridine rings is 1. The normalized spacial score (nSPS) is 14.9. The summed E-state index contributed by atoms with van der Waals surface area (Å²) < 4.78 is 6.59. The Kier molecular flexibility index (Phi) is 4.40. The van der Waals surface area contributed by atoms with Gasteiger partial charge < -0.3 is 19.3 Å². The zero-order valence-electron chi connectivity index (χ0n) is 13.7. The van der Waals surface area contributed by atoms with Crippen molar-refractivity contribution in [3.05, 3.63) is 63.6 Å². The van der Waals surface area contributed by atoms with Gasteiger partial charge in [-0.25, -0.2) is 0 Å². The Labute approximate surface area is 139 Å². The van der Waals surface area contributed by atoms with Crippen LogP contribution < -0.4 is 10.3 Å². The van der Waals surface area contributed by atoms with E-state index in [1.54, 1.807) is 55.6 Å². The van der Waals surface area contributed by atoms with E-state index in [0.717, 1.165) is 11.1 Å².